The molecule has 1 amide bonds. The molecule has 0 heterocycles. The van der Waals surface area contributed by atoms with E-state index in [1.807, 2.05) is 6.92 Å². The molecule has 0 spiro atoms. The molecule has 4 N–H and O–H groups in total. The van der Waals surface area contributed by atoms with Gasteiger partial charge in [0.25, 0.3) is 5.91 Å². The standard InChI is InChI=1S/C14H21N3O4/c1-10(7-8-20-2)16-13(18)9-21-12-6-4-3-5-11(12)14(15)17-19/h3-6,10,19H,7-9H2,1-2H3,(H2,15,17)(H,16,18). The van der Waals surface area contributed by atoms with Crippen molar-refractivity contribution in [2.75, 3.05) is 20.3 Å². The average molecular weight is 295 g/mol. The van der Waals surface area contributed by atoms with Crippen LogP contribution < -0.4 is 15.8 Å². The normalized spacial score (nSPS) is 12.8. The van der Waals surface area contributed by atoms with Crippen molar-refractivity contribution in [1.29, 1.82) is 0 Å². The third kappa shape index (κ3) is 5.70. The summed E-state index contributed by atoms with van der Waals surface area (Å²) in [5, 5.41) is 14.4. The van der Waals surface area contributed by atoms with Gasteiger partial charge < -0.3 is 25.7 Å². The fourth-order valence-corrected chi connectivity index (χ4v) is 1.68. The average Bonchev–Trinajstić information content (AvgIpc) is 2.50. The number of oxime groups is 1. The first-order valence-corrected chi connectivity index (χ1v) is 6.56. The predicted octanol–water partition coefficient (Wildman–Crippen LogP) is 0.701. The summed E-state index contributed by atoms with van der Waals surface area (Å²) < 4.78 is 10.4. The van der Waals surface area contributed by atoms with Gasteiger partial charge in [-0.25, -0.2) is 0 Å². The number of rotatable bonds is 8. The van der Waals surface area contributed by atoms with Crippen LogP contribution in [0.3, 0.4) is 0 Å². The van der Waals surface area contributed by atoms with E-state index in [0.717, 1.165) is 6.42 Å². The van der Waals surface area contributed by atoms with Crippen LogP contribution >= 0.6 is 0 Å². The third-order valence-electron chi connectivity index (χ3n) is 2.79. The first kappa shape index (κ1) is 16.8. The van der Waals surface area contributed by atoms with E-state index < -0.39 is 0 Å². The molecule has 21 heavy (non-hydrogen) atoms. The van der Waals surface area contributed by atoms with E-state index in [1.165, 1.54) is 0 Å². The van der Waals surface area contributed by atoms with Gasteiger partial charge in [0.15, 0.2) is 12.4 Å². The van der Waals surface area contributed by atoms with Gasteiger partial charge in [0, 0.05) is 19.8 Å². The van der Waals surface area contributed by atoms with Gasteiger partial charge in [-0.1, -0.05) is 17.3 Å². The molecule has 0 fully saturated rings. The minimum Gasteiger partial charge on any atom is -0.483 e. The Morgan fingerprint density at radius 3 is 2.86 bits per heavy atom. The number of amides is 1. The van der Waals surface area contributed by atoms with Crippen LogP contribution in [0.5, 0.6) is 5.75 Å². The number of methoxy groups -OCH3 is 1. The Morgan fingerprint density at radius 2 is 2.19 bits per heavy atom. The van der Waals surface area contributed by atoms with Crippen molar-refractivity contribution in [1.82, 2.24) is 5.32 Å². The second-order valence-corrected chi connectivity index (χ2v) is 4.52. The largest absolute Gasteiger partial charge is 0.483 e. The Kier molecular flexibility index (Phi) is 7.03. The van der Waals surface area contributed by atoms with Gasteiger partial charge >= 0.3 is 0 Å². The van der Waals surface area contributed by atoms with Gasteiger partial charge in [0.2, 0.25) is 0 Å². The maximum atomic E-state index is 11.8. The Balaban J connectivity index is 2.54. The van der Waals surface area contributed by atoms with Crippen molar-refractivity contribution < 1.29 is 19.5 Å². The first-order chi connectivity index (χ1) is 10.1. The Morgan fingerprint density at radius 1 is 1.48 bits per heavy atom. The van der Waals surface area contributed by atoms with Gasteiger partial charge in [0.1, 0.15) is 5.75 Å². The number of carbonyl (C=O) groups excluding carboxylic acids is 1. The molecule has 0 aliphatic rings. The van der Waals surface area contributed by atoms with Gasteiger partial charge in [0.05, 0.1) is 5.56 Å². The summed E-state index contributed by atoms with van der Waals surface area (Å²) >= 11 is 0. The van der Waals surface area contributed by atoms with Crippen LogP contribution in [0.25, 0.3) is 0 Å². The van der Waals surface area contributed by atoms with Crippen molar-refractivity contribution in [2.24, 2.45) is 10.9 Å². The van der Waals surface area contributed by atoms with Crippen LogP contribution in [0.15, 0.2) is 29.4 Å². The number of nitrogens with two attached hydrogens (primary N) is 1. The maximum absolute atomic E-state index is 11.8. The van der Waals surface area contributed by atoms with Crippen molar-refractivity contribution in [2.45, 2.75) is 19.4 Å². The number of nitrogens with zero attached hydrogens (tertiary/aromatic N) is 1. The van der Waals surface area contributed by atoms with Crippen LogP contribution in [0, 0.1) is 0 Å². The van der Waals surface area contributed by atoms with Gasteiger partial charge in [-0.15, -0.1) is 0 Å². The van der Waals surface area contributed by atoms with Crippen molar-refractivity contribution in [3.8, 4) is 5.75 Å². The molecule has 0 aliphatic carbocycles. The summed E-state index contributed by atoms with van der Waals surface area (Å²) in [4.78, 5) is 11.8. The number of para-hydroxylation sites is 1. The van der Waals surface area contributed by atoms with Crippen molar-refractivity contribution in [3.05, 3.63) is 29.8 Å². The van der Waals surface area contributed by atoms with E-state index in [2.05, 4.69) is 10.5 Å². The van der Waals surface area contributed by atoms with E-state index >= 15 is 0 Å². The van der Waals surface area contributed by atoms with E-state index in [9.17, 15) is 4.79 Å². The van der Waals surface area contributed by atoms with Crippen LogP contribution in [-0.4, -0.2) is 43.3 Å². The van der Waals surface area contributed by atoms with E-state index in [-0.39, 0.29) is 24.4 Å². The lowest BCUT2D eigenvalue weighted by molar-refractivity contribution is -0.123. The molecule has 7 nitrogen and oxygen atoms in total. The zero-order valence-corrected chi connectivity index (χ0v) is 12.2. The zero-order valence-electron chi connectivity index (χ0n) is 12.2. The summed E-state index contributed by atoms with van der Waals surface area (Å²) in [6.45, 7) is 2.32. The molecule has 0 radical (unpaired) electrons. The number of amidine groups is 1. The van der Waals surface area contributed by atoms with Crippen molar-refractivity contribution in [3.63, 3.8) is 0 Å². The summed E-state index contributed by atoms with van der Waals surface area (Å²) in [5.74, 6) is 0.0693. The summed E-state index contributed by atoms with van der Waals surface area (Å²) in [5.41, 5.74) is 5.97. The minimum absolute atomic E-state index is 0.000340. The quantitative estimate of drug-likeness (QED) is 0.283. The minimum atomic E-state index is -0.243. The number of ether oxygens (including phenoxy) is 2. The molecule has 0 aromatic heterocycles. The number of carbonyl (C=O) groups is 1. The van der Waals surface area contributed by atoms with Crippen LogP contribution in [0.4, 0.5) is 0 Å². The second-order valence-electron chi connectivity index (χ2n) is 4.52. The molecule has 1 rings (SSSR count). The lowest BCUT2D eigenvalue weighted by atomic mass is 10.2. The number of hydrogen-bond acceptors (Lipinski definition) is 5. The molecular weight excluding hydrogens is 274 g/mol. The molecule has 7 heteroatoms. The lowest BCUT2D eigenvalue weighted by Crippen LogP contribution is -2.36. The Bertz CT molecular complexity index is 491. The zero-order chi connectivity index (χ0) is 15.7. The van der Waals surface area contributed by atoms with Crippen LogP contribution in [-0.2, 0) is 9.53 Å². The maximum Gasteiger partial charge on any atom is 0.258 e. The highest BCUT2D eigenvalue weighted by atomic mass is 16.5. The van der Waals surface area contributed by atoms with E-state index in [1.54, 1.807) is 31.4 Å². The van der Waals surface area contributed by atoms with E-state index in [4.69, 9.17) is 20.4 Å². The molecule has 0 saturated carbocycles. The molecule has 0 saturated heterocycles. The Labute approximate surface area is 123 Å². The smallest absolute Gasteiger partial charge is 0.258 e. The number of benzene rings is 1. The summed E-state index contributed by atoms with van der Waals surface area (Å²) in [6, 6.07) is 6.76. The predicted molar refractivity (Wildman–Crippen MR) is 78.5 cm³/mol. The lowest BCUT2D eigenvalue weighted by Gasteiger charge is -2.14. The summed E-state index contributed by atoms with van der Waals surface area (Å²) in [6.07, 6.45) is 0.725. The third-order valence-corrected chi connectivity index (χ3v) is 2.79. The summed E-state index contributed by atoms with van der Waals surface area (Å²) in [7, 11) is 1.61. The van der Waals surface area contributed by atoms with Gasteiger partial charge in [-0.05, 0) is 25.5 Å². The highest BCUT2D eigenvalue weighted by Gasteiger charge is 2.11. The number of hydrogen-bond donors (Lipinski definition) is 3. The van der Waals surface area contributed by atoms with Gasteiger partial charge in [-0.3, -0.25) is 4.79 Å². The topological polar surface area (TPSA) is 106 Å². The molecule has 116 valence electrons. The molecule has 1 aromatic rings. The molecule has 1 aromatic carbocycles. The highest BCUT2D eigenvalue weighted by molar-refractivity contribution is 5.99. The monoisotopic (exact) mass is 295 g/mol. The molecular formula is C14H21N3O4. The van der Waals surface area contributed by atoms with Crippen molar-refractivity contribution >= 4 is 11.7 Å². The molecule has 1 atom stereocenters. The SMILES string of the molecule is COCCC(C)NC(=O)COc1ccccc1C(N)=NO. The van der Waals surface area contributed by atoms with Crippen LogP contribution in [0.1, 0.15) is 18.9 Å². The second kappa shape index (κ2) is 8.80. The fraction of sp³-hybridized carbons (Fsp3) is 0.429. The molecule has 0 aliphatic heterocycles. The van der Waals surface area contributed by atoms with E-state index in [0.29, 0.717) is 17.9 Å². The molecule has 0 bridgehead atoms. The first-order valence-electron chi connectivity index (χ1n) is 6.56. The fourth-order valence-electron chi connectivity index (χ4n) is 1.68. The highest BCUT2D eigenvalue weighted by Crippen LogP contribution is 2.17. The number of nitrogens with one attached hydrogen (secondary N) is 1. The molecule has 1 unspecified atom stereocenters. The Hall–Kier alpha value is -2.28. The van der Waals surface area contributed by atoms with Crippen LogP contribution in [0.2, 0.25) is 0 Å². The van der Waals surface area contributed by atoms with Gasteiger partial charge in [-0.2, -0.15) is 0 Å².